The fraction of sp³-hybridized carbons (Fsp3) is 0.150. The summed E-state index contributed by atoms with van der Waals surface area (Å²) in [6.45, 7) is 1.34. The van der Waals surface area contributed by atoms with Gasteiger partial charge < -0.3 is 19.2 Å². The minimum absolute atomic E-state index is 0.264. The monoisotopic (exact) mass is 367 g/mol. The van der Waals surface area contributed by atoms with Crippen molar-refractivity contribution in [2.45, 2.75) is 6.92 Å². The first-order valence-electron chi connectivity index (χ1n) is 8.12. The molecule has 1 N–H and O–H groups in total. The standard InChI is InChI=1S/C20H17NO6/c1-12-7-8-17(25-2)14(9-12)21-19(23)11-26-20(24)18-10-15(22)13-5-3-4-6-16(13)27-18/h3-10H,11H2,1-2H3,(H,21,23). The third-order valence-corrected chi connectivity index (χ3v) is 3.80. The lowest BCUT2D eigenvalue weighted by Gasteiger charge is -2.11. The molecule has 7 nitrogen and oxygen atoms in total. The molecule has 27 heavy (non-hydrogen) atoms. The molecule has 2 aromatic carbocycles. The van der Waals surface area contributed by atoms with Gasteiger partial charge in [0.25, 0.3) is 5.91 Å². The minimum atomic E-state index is -0.899. The Morgan fingerprint density at radius 2 is 1.89 bits per heavy atom. The van der Waals surface area contributed by atoms with Crippen molar-refractivity contribution in [1.29, 1.82) is 0 Å². The summed E-state index contributed by atoms with van der Waals surface area (Å²) >= 11 is 0. The van der Waals surface area contributed by atoms with Crippen LogP contribution in [0, 0.1) is 6.92 Å². The van der Waals surface area contributed by atoms with Gasteiger partial charge in [0.2, 0.25) is 5.76 Å². The number of hydrogen-bond donors (Lipinski definition) is 1. The molecule has 3 rings (SSSR count). The predicted octanol–water partition coefficient (Wildman–Crippen LogP) is 2.91. The van der Waals surface area contributed by atoms with E-state index in [1.54, 1.807) is 36.4 Å². The van der Waals surface area contributed by atoms with Gasteiger partial charge in [-0.25, -0.2) is 4.79 Å². The van der Waals surface area contributed by atoms with E-state index in [1.807, 2.05) is 13.0 Å². The van der Waals surface area contributed by atoms with E-state index in [1.165, 1.54) is 7.11 Å². The van der Waals surface area contributed by atoms with E-state index >= 15 is 0 Å². The summed E-state index contributed by atoms with van der Waals surface area (Å²) in [6, 6.07) is 12.9. The molecule has 1 amide bonds. The number of esters is 1. The minimum Gasteiger partial charge on any atom is -0.495 e. The summed E-state index contributed by atoms with van der Waals surface area (Å²) < 4.78 is 15.5. The van der Waals surface area contributed by atoms with E-state index in [0.717, 1.165) is 11.6 Å². The number of nitrogens with one attached hydrogen (secondary N) is 1. The average molecular weight is 367 g/mol. The molecule has 0 fully saturated rings. The number of amides is 1. The fourth-order valence-corrected chi connectivity index (χ4v) is 2.51. The highest BCUT2D eigenvalue weighted by molar-refractivity contribution is 5.96. The molecule has 0 aliphatic heterocycles. The third kappa shape index (κ3) is 4.14. The number of rotatable bonds is 5. The molecule has 0 saturated heterocycles. The highest BCUT2D eigenvalue weighted by atomic mass is 16.5. The van der Waals surface area contributed by atoms with Crippen LogP contribution in [0.5, 0.6) is 5.75 Å². The summed E-state index contributed by atoms with van der Waals surface area (Å²) in [4.78, 5) is 36.2. The van der Waals surface area contributed by atoms with E-state index in [-0.39, 0.29) is 16.8 Å². The summed E-state index contributed by atoms with van der Waals surface area (Å²) in [5, 5.41) is 2.98. The normalized spacial score (nSPS) is 10.4. The van der Waals surface area contributed by atoms with Crippen LogP contribution >= 0.6 is 0 Å². The summed E-state index contributed by atoms with van der Waals surface area (Å²) in [7, 11) is 1.49. The molecular formula is C20H17NO6. The van der Waals surface area contributed by atoms with Crippen LogP contribution in [0.4, 0.5) is 5.69 Å². The highest BCUT2D eigenvalue weighted by Gasteiger charge is 2.16. The Kier molecular flexibility index (Phi) is 5.21. The largest absolute Gasteiger partial charge is 0.495 e. The number of ether oxygens (including phenoxy) is 2. The second-order valence-corrected chi connectivity index (χ2v) is 5.80. The van der Waals surface area contributed by atoms with Gasteiger partial charge in [-0.1, -0.05) is 18.2 Å². The highest BCUT2D eigenvalue weighted by Crippen LogP contribution is 2.25. The molecule has 1 aromatic heterocycles. The number of fused-ring (bicyclic) bond motifs is 1. The molecule has 138 valence electrons. The molecule has 0 radical (unpaired) electrons. The maximum Gasteiger partial charge on any atom is 0.374 e. The van der Waals surface area contributed by atoms with Crippen LogP contribution in [0.25, 0.3) is 11.0 Å². The number of para-hydroxylation sites is 1. The van der Waals surface area contributed by atoms with Crippen molar-refractivity contribution in [3.05, 3.63) is 70.1 Å². The van der Waals surface area contributed by atoms with Crippen molar-refractivity contribution in [2.75, 3.05) is 19.0 Å². The number of anilines is 1. The maximum absolute atomic E-state index is 12.1. The molecule has 7 heteroatoms. The Hall–Kier alpha value is -3.61. The van der Waals surface area contributed by atoms with E-state index < -0.39 is 18.5 Å². The summed E-state index contributed by atoms with van der Waals surface area (Å²) in [5.74, 6) is -1.22. The molecule has 0 bridgehead atoms. The number of carbonyl (C=O) groups is 2. The van der Waals surface area contributed by atoms with Gasteiger partial charge in [-0.2, -0.15) is 0 Å². The van der Waals surface area contributed by atoms with E-state index in [4.69, 9.17) is 13.9 Å². The predicted molar refractivity (Wildman–Crippen MR) is 99.1 cm³/mol. The smallest absolute Gasteiger partial charge is 0.374 e. The van der Waals surface area contributed by atoms with Crippen molar-refractivity contribution >= 4 is 28.5 Å². The van der Waals surface area contributed by atoms with Gasteiger partial charge in [0.1, 0.15) is 11.3 Å². The molecule has 3 aromatic rings. The quantitative estimate of drug-likeness (QED) is 0.697. The van der Waals surface area contributed by atoms with Gasteiger partial charge in [0.15, 0.2) is 12.0 Å². The van der Waals surface area contributed by atoms with Gasteiger partial charge >= 0.3 is 5.97 Å². The average Bonchev–Trinajstić information content (AvgIpc) is 2.66. The first-order valence-corrected chi connectivity index (χ1v) is 8.12. The Bertz CT molecular complexity index is 1070. The number of carbonyl (C=O) groups excluding carboxylic acids is 2. The lowest BCUT2D eigenvalue weighted by Crippen LogP contribution is -2.21. The number of hydrogen-bond acceptors (Lipinski definition) is 6. The lowest BCUT2D eigenvalue weighted by atomic mass is 10.2. The van der Waals surface area contributed by atoms with Crippen LogP contribution in [-0.4, -0.2) is 25.6 Å². The third-order valence-electron chi connectivity index (χ3n) is 3.80. The van der Waals surface area contributed by atoms with Gasteiger partial charge in [0, 0.05) is 6.07 Å². The van der Waals surface area contributed by atoms with E-state index in [9.17, 15) is 14.4 Å². The van der Waals surface area contributed by atoms with Gasteiger partial charge in [0.05, 0.1) is 18.2 Å². The van der Waals surface area contributed by atoms with Crippen LogP contribution < -0.4 is 15.5 Å². The van der Waals surface area contributed by atoms with Crippen LogP contribution in [0.1, 0.15) is 16.1 Å². The van der Waals surface area contributed by atoms with Crippen molar-refractivity contribution in [2.24, 2.45) is 0 Å². The second-order valence-electron chi connectivity index (χ2n) is 5.80. The molecule has 0 saturated carbocycles. The first kappa shape index (κ1) is 18.2. The Morgan fingerprint density at radius 3 is 2.67 bits per heavy atom. The van der Waals surface area contributed by atoms with Gasteiger partial charge in [-0.3, -0.25) is 9.59 Å². The maximum atomic E-state index is 12.1. The second kappa shape index (κ2) is 7.74. The van der Waals surface area contributed by atoms with Crippen molar-refractivity contribution in [3.8, 4) is 5.75 Å². The fourth-order valence-electron chi connectivity index (χ4n) is 2.51. The Balaban J connectivity index is 1.68. The van der Waals surface area contributed by atoms with Crippen molar-refractivity contribution in [1.82, 2.24) is 0 Å². The molecule has 1 heterocycles. The topological polar surface area (TPSA) is 94.8 Å². The zero-order valence-electron chi connectivity index (χ0n) is 14.8. The number of methoxy groups -OCH3 is 1. The molecule has 0 atom stereocenters. The van der Waals surface area contributed by atoms with E-state index in [0.29, 0.717) is 16.8 Å². The van der Waals surface area contributed by atoms with Crippen molar-refractivity contribution < 1.29 is 23.5 Å². The molecule has 0 spiro atoms. The van der Waals surface area contributed by atoms with Crippen molar-refractivity contribution in [3.63, 3.8) is 0 Å². The molecule has 0 aliphatic carbocycles. The first-order chi connectivity index (χ1) is 13.0. The SMILES string of the molecule is COc1ccc(C)cc1NC(=O)COC(=O)c1cc(=O)c2ccccc2o1. The Labute approximate surface area is 154 Å². The zero-order valence-corrected chi connectivity index (χ0v) is 14.8. The van der Waals surface area contributed by atoms with Gasteiger partial charge in [-0.15, -0.1) is 0 Å². The lowest BCUT2D eigenvalue weighted by molar-refractivity contribution is -0.119. The van der Waals surface area contributed by atoms with Crippen LogP contribution in [0.15, 0.2) is 57.7 Å². The Morgan fingerprint density at radius 1 is 1.11 bits per heavy atom. The van der Waals surface area contributed by atoms with E-state index in [2.05, 4.69) is 5.32 Å². The summed E-state index contributed by atoms with van der Waals surface area (Å²) in [6.07, 6.45) is 0. The molecular weight excluding hydrogens is 350 g/mol. The van der Waals surface area contributed by atoms with Gasteiger partial charge in [-0.05, 0) is 36.8 Å². The number of benzene rings is 2. The number of aryl methyl sites for hydroxylation is 1. The molecule has 0 aliphatic rings. The van der Waals surface area contributed by atoms with Crippen LogP contribution in [0.3, 0.4) is 0 Å². The zero-order chi connectivity index (χ0) is 19.4. The summed E-state index contributed by atoms with van der Waals surface area (Å²) in [5.41, 5.74) is 1.31. The van der Waals surface area contributed by atoms with Crippen LogP contribution in [0.2, 0.25) is 0 Å². The molecule has 0 unspecified atom stereocenters. The van der Waals surface area contributed by atoms with Crippen LogP contribution in [-0.2, 0) is 9.53 Å².